The molecule has 1 saturated carbocycles. The van der Waals surface area contributed by atoms with Crippen LogP contribution in [0.15, 0.2) is 67.1 Å². The third kappa shape index (κ3) is 5.72. The van der Waals surface area contributed by atoms with Crippen molar-refractivity contribution in [2.24, 2.45) is 7.05 Å². The Bertz CT molecular complexity index is 1740. The summed E-state index contributed by atoms with van der Waals surface area (Å²) in [5, 5.41) is 16.0. The summed E-state index contributed by atoms with van der Waals surface area (Å²) >= 11 is 0. The minimum Gasteiger partial charge on any atom is -0.478 e. The Kier molecular flexibility index (Phi) is 8.01. The van der Waals surface area contributed by atoms with Gasteiger partial charge in [-0.1, -0.05) is 31.0 Å². The van der Waals surface area contributed by atoms with E-state index in [2.05, 4.69) is 25.2 Å². The first kappa shape index (κ1) is 29.3. The molecule has 0 spiro atoms. The van der Waals surface area contributed by atoms with Crippen LogP contribution in [0.5, 0.6) is 0 Å². The lowest BCUT2D eigenvalue weighted by molar-refractivity contribution is -0.131. The standard InChI is InChI=1S/C34H36N6O4/c1-39-18-15-34(21-39,33(44)37-25-11-7-22(8-12-25)9-14-29(41)42)38-32(43)24-10-13-26-28(19-24)40(2)31(27-20-35-16-17-36-27)30(26)23-5-3-4-6-23/h7-14,16-17,19-20,23H,3-6,15,18,21H2,1-2H3,(H,37,44)(H,38,43)(H,41,42)/b14-9+/t34-/m0/s1. The molecule has 1 aliphatic carbocycles. The number of hydrogen-bond donors (Lipinski definition) is 3. The lowest BCUT2D eigenvalue weighted by Gasteiger charge is -2.29. The number of fused-ring (bicyclic) bond motifs is 1. The molecular formula is C34H36N6O4. The molecule has 1 atom stereocenters. The maximum absolute atomic E-state index is 13.8. The van der Waals surface area contributed by atoms with Crippen LogP contribution in [0.3, 0.4) is 0 Å². The average Bonchev–Trinajstić information content (AvgIpc) is 3.75. The molecule has 226 valence electrons. The molecule has 2 aromatic carbocycles. The number of aromatic nitrogens is 3. The second kappa shape index (κ2) is 12.0. The molecule has 10 heteroatoms. The molecule has 6 rings (SSSR count). The van der Waals surface area contributed by atoms with Crippen molar-refractivity contribution in [3.63, 3.8) is 0 Å². The summed E-state index contributed by atoms with van der Waals surface area (Å²) in [5.41, 5.74) is 4.69. The summed E-state index contributed by atoms with van der Waals surface area (Å²) in [6.07, 6.45) is 12.8. The van der Waals surface area contributed by atoms with Crippen LogP contribution in [-0.4, -0.2) is 68.0 Å². The number of aryl methyl sites for hydroxylation is 1. The fourth-order valence-corrected chi connectivity index (χ4v) is 6.70. The number of rotatable bonds is 8. The van der Waals surface area contributed by atoms with Crippen molar-refractivity contribution in [3.8, 4) is 11.4 Å². The van der Waals surface area contributed by atoms with E-state index in [4.69, 9.17) is 5.11 Å². The van der Waals surface area contributed by atoms with Crippen molar-refractivity contribution in [2.45, 2.75) is 43.6 Å². The summed E-state index contributed by atoms with van der Waals surface area (Å²) in [4.78, 5) is 49.3. The van der Waals surface area contributed by atoms with Gasteiger partial charge in [-0.2, -0.15) is 0 Å². The van der Waals surface area contributed by atoms with Crippen LogP contribution in [0, 0.1) is 0 Å². The molecule has 0 radical (unpaired) electrons. The number of carbonyl (C=O) groups is 3. The number of anilines is 1. The SMILES string of the molecule is CN1CC[C@@](NC(=O)c2ccc3c(C4CCCC4)c(-c4cnccn4)n(C)c3c2)(C(=O)Nc2ccc(/C=C/C(=O)O)cc2)C1. The van der Waals surface area contributed by atoms with Gasteiger partial charge in [-0.3, -0.25) is 19.6 Å². The van der Waals surface area contributed by atoms with E-state index < -0.39 is 11.5 Å². The van der Waals surface area contributed by atoms with Gasteiger partial charge in [0.1, 0.15) is 11.2 Å². The third-order valence-electron chi connectivity index (χ3n) is 8.91. The number of likely N-dealkylation sites (tertiary alicyclic amines) is 1. The topological polar surface area (TPSA) is 129 Å². The van der Waals surface area contributed by atoms with E-state index in [0.29, 0.717) is 42.2 Å². The third-order valence-corrected chi connectivity index (χ3v) is 8.91. The summed E-state index contributed by atoms with van der Waals surface area (Å²) in [7, 11) is 3.94. The number of benzene rings is 2. The largest absolute Gasteiger partial charge is 0.478 e. The van der Waals surface area contributed by atoms with Crippen LogP contribution < -0.4 is 10.6 Å². The molecule has 10 nitrogen and oxygen atoms in total. The van der Waals surface area contributed by atoms with Crippen molar-refractivity contribution < 1.29 is 19.5 Å². The van der Waals surface area contributed by atoms with Crippen molar-refractivity contribution in [1.29, 1.82) is 0 Å². The first-order valence-corrected chi connectivity index (χ1v) is 15.0. The number of hydrogen-bond acceptors (Lipinski definition) is 6. The highest BCUT2D eigenvalue weighted by atomic mass is 16.4. The van der Waals surface area contributed by atoms with Crippen molar-refractivity contribution in [3.05, 3.63) is 83.8 Å². The Hall–Kier alpha value is -4.83. The second-order valence-electron chi connectivity index (χ2n) is 11.9. The first-order valence-electron chi connectivity index (χ1n) is 15.0. The molecule has 0 bridgehead atoms. The quantitative estimate of drug-likeness (QED) is 0.250. The Morgan fingerprint density at radius 3 is 2.48 bits per heavy atom. The maximum atomic E-state index is 13.8. The summed E-state index contributed by atoms with van der Waals surface area (Å²) in [5.74, 6) is -1.20. The van der Waals surface area contributed by atoms with E-state index >= 15 is 0 Å². The lowest BCUT2D eigenvalue weighted by Crippen LogP contribution is -2.58. The van der Waals surface area contributed by atoms with Crippen LogP contribution in [0.4, 0.5) is 5.69 Å². The molecule has 4 aromatic rings. The number of nitrogens with zero attached hydrogens (tertiary/aromatic N) is 4. The van der Waals surface area contributed by atoms with E-state index in [1.54, 1.807) is 42.9 Å². The van der Waals surface area contributed by atoms with E-state index in [0.717, 1.165) is 41.2 Å². The fraction of sp³-hybridized carbons (Fsp3) is 0.324. The summed E-state index contributed by atoms with van der Waals surface area (Å²) in [6, 6.07) is 12.7. The Morgan fingerprint density at radius 2 is 1.82 bits per heavy atom. The van der Waals surface area contributed by atoms with Gasteiger partial charge in [0, 0.05) is 60.8 Å². The smallest absolute Gasteiger partial charge is 0.328 e. The highest BCUT2D eigenvalue weighted by Crippen LogP contribution is 2.44. The van der Waals surface area contributed by atoms with Gasteiger partial charge in [-0.05, 0) is 73.7 Å². The molecule has 2 aliphatic rings. The normalized spacial score (nSPS) is 19.1. The van der Waals surface area contributed by atoms with Crippen LogP contribution in [0.1, 0.15) is 59.5 Å². The maximum Gasteiger partial charge on any atom is 0.328 e. The van der Waals surface area contributed by atoms with Crippen molar-refractivity contribution >= 4 is 40.4 Å². The number of amides is 2. The van der Waals surface area contributed by atoms with Crippen LogP contribution in [0.2, 0.25) is 0 Å². The van der Waals surface area contributed by atoms with E-state index in [1.807, 2.05) is 37.2 Å². The Labute approximate surface area is 255 Å². The minimum atomic E-state index is -1.11. The van der Waals surface area contributed by atoms with Gasteiger partial charge in [0.2, 0.25) is 0 Å². The van der Waals surface area contributed by atoms with Gasteiger partial charge in [-0.25, -0.2) is 4.79 Å². The number of carboxylic acid groups (broad SMARTS) is 1. The van der Waals surface area contributed by atoms with E-state index in [-0.39, 0.29) is 11.8 Å². The molecule has 2 fully saturated rings. The zero-order valence-corrected chi connectivity index (χ0v) is 24.9. The van der Waals surface area contributed by atoms with Gasteiger partial charge in [-0.15, -0.1) is 0 Å². The van der Waals surface area contributed by atoms with E-state index in [9.17, 15) is 14.4 Å². The summed E-state index contributed by atoms with van der Waals surface area (Å²) in [6.45, 7) is 1.04. The zero-order chi connectivity index (χ0) is 30.8. The molecule has 1 saturated heterocycles. The minimum absolute atomic E-state index is 0.294. The van der Waals surface area contributed by atoms with Gasteiger partial charge in [0.05, 0.1) is 11.9 Å². The average molecular weight is 593 g/mol. The Morgan fingerprint density at radius 1 is 1.05 bits per heavy atom. The molecular weight excluding hydrogens is 556 g/mol. The predicted molar refractivity (Wildman–Crippen MR) is 169 cm³/mol. The molecule has 44 heavy (non-hydrogen) atoms. The summed E-state index contributed by atoms with van der Waals surface area (Å²) < 4.78 is 2.12. The molecule has 3 N–H and O–H groups in total. The molecule has 0 unspecified atom stereocenters. The number of carbonyl (C=O) groups excluding carboxylic acids is 2. The molecule has 2 amide bonds. The fourth-order valence-electron chi connectivity index (χ4n) is 6.70. The number of likely N-dealkylation sites (N-methyl/N-ethyl adjacent to an activating group) is 1. The van der Waals surface area contributed by atoms with Crippen molar-refractivity contribution in [2.75, 3.05) is 25.5 Å². The van der Waals surface area contributed by atoms with Crippen molar-refractivity contribution in [1.82, 2.24) is 24.8 Å². The van der Waals surface area contributed by atoms with Gasteiger partial charge in [0.15, 0.2) is 0 Å². The zero-order valence-electron chi connectivity index (χ0n) is 24.9. The Balaban J connectivity index is 1.28. The van der Waals surface area contributed by atoms with Crippen LogP contribution in [-0.2, 0) is 16.6 Å². The predicted octanol–water partition coefficient (Wildman–Crippen LogP) is 4.83. The highest BCUT2D eigenvalue weighted by molar-refractivity contribution is 6.06. The van der Waals surface area contributed by atoms with Gasteiger partial charge < -0.3 is 25.2 Å². The van der Waals surface area contributed by atoms with E-state index in [1.165, 1.54) is 24.5 Å². The highest BCUT2D eigenvalue weighted by Gasteiger charge is 2.45. The first-order chi connectivity index (χ1) is 21.2. The molecule has 3 heterocycles. The molecule has 1 aliphatic heterocycles. The lowest BCUT2D eigenvalue weighted by atomic mass is 9.93. The second-order valence-corrected chi connectivity index (χ2v) is 11.9. The van der Waals surface area contributed by atoms with Gasteiger partial charge in [0.25, 0.3) is 11.8 Å². The number of nitrogens with one attached hydrogen (secondary N) is 2. The van der Waals surface area contributed by atoms with Crippen LogP contribution in [0.25, 0.3) is 28.4 Å². The number of aliphatic carboxylic acids is 1. The van der Waals surface area contributed by atoms with Crippen LogP contribution >= 0.6 is 0 Å². The monoisotopic (exact) mass is 592 g/mol. The number of carboxylic acids is 1. The molecule has 2 aromatic heterocycles. The van der Waals surface area contributed by atoms with Gasteiger partial charge >= 0.3 is 5.97 Å².